The summed E-state index contributed by atoms with van der Waals surface area (Å²) < 4.78 is 2.25. The lowest BCUT2D eigenvalue weighted by Gasteiger charge is -2.27. The largest absolute Gasteiger partial charge is 0.266 e. The molecule has 2 nitrogen and oxygen atoms in total. The minimum absolute atomic E-state index is 0.112. The van der Waals surface area contributed by atoms with Crippen LogP contribution in [0.4, 0.5) is 0 Å². The van der Waals surface area contributed by atoms with Crippen molar-refractivity contribution in [2.75, 3.05) is 0 Å². The Kier molecular flexibility index (Phi) is 4.37. The smallest absolute Gasteiger partial charge is 0.0643 e. The Hall–Kier alpha value is -0.500. The van der Waals surface area contributed by atoms with Gasteiger partial charge in [-0.15, -0.1) is 11.6 Å². The molecule has 0 spiro atoms. The van der Waals surface area contributed by atoms with E-state index in [2.05, 4.69) is 32.4 Å². The summed E-state index contributed by atoms with van der Waals surface area (Å²) in [6.07, 6.45) is 6.16. The SMILES string of the molecule is CCC(Cl)c1c(C)nn(C2CCC(C)CC2)c1C. The van der Waals surface area contributed by atoms with Gasteiger partial charge in [0.05, 0.1) is 17.1 Å². The molecule has 1 aliphatic carbocycles. The molecule has 0 N–H and O–H groups in total. The maximum absolute atomic E-state index is 6.42. The Balaban J connectivity index is 2.24. The number of alkyl halides is 1. The molecule has 3 heteroatoms. The molecule has 0 radical (unpaired) electrons. The number of hydrogen-bond donors (Lipinski definition) is 0. The molecule has 1 aromatic rings. The van der Waals surface area contributed by atoms with Gasteiger partial charge < -0.3 is 0 Å². The molecule has 2 rings (SSSR count). The summed E-state index contributed by atoms with van der Waals surface area (Å²) in [6, 6.07) is 0.592. The standard InChI is InChI=1S/C15H25ClN2/c1-5-14(16)15-11(3)17-18(12(15)4)13-8-6-10(2)7-9-13/h10,13-14H,5-9H2,1-4H3. The topological polar surface area (TPSA) is 17.8 Å². The molecule has 1 saturated carbocycles. The first-order valence-electron chi connectivity index (χ1n) is 7.24. The first kappa shape index (κ1) is 13.9. The molecule has 0 amide bonds. The molecule has 18 heavy (non-hydrogen) atoms. The van der Waals surface area contributed by atoms with Crippen LogP contribution in [0.15, 0.2) is 0 Å². The van der Waals surface area contributed by atoms with Gasteiger partial charge >= 0.3 is 0 Å². The third-order valence-electron chi connectivity index (χ3n) is 4.38. The molecular weight excluding hydrogens is 244 g/mol. The summed E-state index contributed by atoms with van der Waals surface area (Å²) in [5, 5.41) is 4.87. The maximum atomic E-state index is 6.42. The van der Waals surface area contributed by atoms with Crippen molar-refractivity contribution >= 4 is 11.6 Å². The fraction of sp³-hybridized carbons (Fsp3) is 0.800. The van der Waals surface area contributed by atoms with Gasteiger partial charge in [0.25, 0.3) is 0 Å². The van der Waals surface area contributed by atoms with E-state index in [1.54, 1.807) is 0 Å². The van der Waals surface area contributed by atoms with Crippen LogP contribution in [0.1, 0.15) is 74.3 Å². The first-order valence-corrected chi connectivity index (χ1v) is 7.67. The molecule has 0 aliphatic heterocycles. The average molecular weight is 269 g/mol. The molecule has 0 saturated heterocycles. The molecule has 1 fully saturated rings. The van der Waals surface area contributed by atoms with E-state index in [0.717, 1.165) is 18.0 Å². The fourth-order valence-corrected chi connectivity index (χ4v) is 3.49. The van der Waals surface area contributed by atoms with E-state index in [-0.39, 0.29) is 5.38 Å². The Labute approximate surface area is 116 Å². The highest BCUT2D eigenvalue weighted by atomic mass is 35.5. The second kappa shape index (κ2) is 5.64. The van der Waals surface area contributed by atoms with Crippen LogP contribution in [0.3, 0.4) is 0 Å². The van der Waals surface area contributed by atoms with Crippen LogP contribution in [0, 0.1) is 19.8 Å². The highest BCUT2D eigenvalue weighted by Crippen LogP contribution is 2.36. The summed E-state index contributed by atoms with van der Waals surface area (Å²) in [5.74, 6) is 0.883. The number of aromatic nitrogens is 2. The van der Waals surface area contributed by atoms with Gasteiger partial charge in [-0.2, -0.15) is 5.10 Å². The second-order valence-electron chi connectivity index (χ2n) is 5.82. The van der Waals surface area contributed by atoms with Crippen molar-refractivity contribution in [3.05, 3.63) is 17.0 Å². The Morgan fingerprint density at radius 2 is 1.89 bits per heavy atom. The lowest BCUT2D eigenvalue weighted by molar-refractivity contribution is 0.270. The Morgan fingerprint density at radius 3 is 2.44 bits per heavy atom. The molecule has 1 heterocycles. The number of aryl methyl sites for hydroxylation is 1. The minimum Gasteiger partial charge on any atom is -0.266 e. The van der Waals surface area contributed by atoms with Crippen LogP contribution in [-0.4, -0.2) is 9.78 Å². The van der Waals surface area contributed by atoms with Crippen LogP contribution in [0.5, 0.6) is 0 Å². The zero-order valence-corrected chi connectivity index (χ0v) is 12.8. The Morgan fingerprint density at radius 1 is 1.28 bits per heavy atom. The summed E-state index contributed by atoms with van der Waals surface area (Å²) >= 11 is 6.42. The van der Waals surface area contributed by atoms with Crippen LogP contribution >= 0.6 is 11.6 Å². The Bertz CT molecular complexity index is 403. The zero-order valence-electron chi connectivity index (χ0n) is 12.0. The predicted octanol–water partition coefficient (Wildman–Crippen LogP) is 4.94. The van der Waals surface area contributed by atoms with Gasteiger partial charge in [-0.1, -0.05) is 13.8 Å². The van der Waals surface area contributed by atoms with Crippen molar-refractivity contribution in [3.63, 3.8) is 0 Å². The normalized spacial score (nSPS) is 26.3. The lowest BCUT2D eigenvalue weighted by atomic mass is 9.87. The summed E-state index contributed by atoms with van der Waals surface area (Å²) in [4.78, 5) is 0. The number of rotatable bonds is 3. The van der Waals surface area contributed by atoms with Gasteiger partial charge in [-0.3, -0.25) is 4.68 Å². The van der Waals surface area contributed by atoms with Gasteiger partial charge in [0.2, 0.25) is 0 Å². The molecule has 0 bridgehead atoms. The second-order valence-corrected chi connectivity index (χ2v) is 6.35. The molecule has 1 aliphatic rings. The van der Waals surface area contributed by atoms with E-state index in [0.29, 0.717) is 6.04 Å². The molecule has 1 atom stereocenters. The highest BCUT2D eigenvalue weighted by Gasteiger charge is 2.25. The quantitative estimate of drug-likeness (QED) is 0.710. The summed E-state index contributed by atoms with van der Waals surface area (Å²) in [6.45, 7) is 8.76. The van der Waals surface area contributed by atoms with Crippen molar-refractivity contribution in [1.82, 2.24) is 9.78 Å². The molecule has 102 valence electrons. The predicted molar refractivity (Wildman–Crippen MR) is 77.3 cm³/mol. The van der Waals surface area contributed by atoms with Crippen molar-refractivity contribution in [3.8, 4) is 0 Å². The summed E-state index contributed by atoms with van der Waals surface area (Å²) in [5.41, 5.74) is 3.67. The number of nitrogens with zero attached hydrogens (tertiary/aromatic N) is 2. The molecule has 0 aromatic carbocycles. The fourth-order valence-electron chi connectivity index (χ4n) is 3.18. The van der Waals surface area contributed by atoms with Crippen LogP contribution < -0.4 is 0 Å². The number of hydrogen-bond acceptors (Lipinski definition) is 1. The van der Waals surface area contributed by atoms with Crippen molar-refractivity contribution in [2.45, 2.75) is 71.2 Å². The monoisotopic (exact) mass is 268 g/mol. The van der Waals surface area contributed by atoms with E-state index in [1.807, 2.05) is 0 Å². The van der Waals surface area contributed by atoms with Gasteiger partial charge in [0, 0.05) is 11.3 Å². The zero-order chi connectivity index (χ0) is 13.3. The first-order chi connectivity index (χ1) is 8.54. The van der Waals surface area contributed by atoms with E-state index in [1.165, 1.54) is 36.9 Å². The lowest BCUT2D eigenvalue weighted by Crippen LogP contribution is -2.19. The van der Waals surface area contributed by atoms with Crippen LogP contribution in [0.25, 0.3) is 0 Å². The maximum Gasteiger partial charge on any atom is 0.0643 e. The van der Waals surface area contributed by atoms with E-state index in [4.69, 9.17) is 16.7 Å². The van der Waals surface area contributed by atoms with Crippen LogP contribution in [-0.2, 0) is 0 Å². The van der Waals surface area contributed by atoms with Crippen molar-refractivity contribution in [1.29, 1.82) is 0 Å². The van der Waals surface area contributed by atoms with E-state index < -0.39 is 0 Å². The van der Waals surface area contributed by atoms with E-state index in [9.17, 15) is 0 Å². The van der Waals surface area contributed by atoms with Gasteiger partial charge in [-0.25, -0.2) is 0 Å². The van der Waals surface area contributed by atoms with Crippen LogP contribution in [0.2, 0.25) is 0 Å². The van der Waals surface area contributed by atoms with Gasteiger partial charge in [-0.05, 0) is 51.9 Å². The third kappa shape index (κ3) is 2.59. The molecule has 1 aromatic heterocycles. The van der Waals surface area contributed by atoms with Crippen molar-refractivity contribution < 1.29 is 0 Å². The molecule has 1 unspecified atom stereocenters. The van der Waals surface area contributed by atoms with Gasteiger partial charge in [0.15, 0.2) is 0 Å². The highest BCUT2D eigenvalue weighted by molar-refractivity contribution is 6.20. The minimum atomic E-state index is 0.112. The average Bonchev–Trinajstić information content (AvgIpc) is 2.65. The van der Waals surface area contributed by atoms with Crippen molar-refractivity contribution in [2.24, 2.45) is 5.92 Å². The van der Waals surface area contributed by atoms with E-state index >= 15 is 0 Å². The molecular formula is C15H25ClN2. The third-order valence-corrected chi connectivity index (χ3v) is 4.91. The number of halogens is 1. The summed E-state index contributed by atoms with van der Waals surface area (Å²) in [7, 11) is 0. The van der Waals surface area contributed by atoms with Gasteiger partial charge in [0.1, 0.15) is 0 Å².